The molecule has 0 unspecified atom stereocenters. The Morgan fingerprint density at radius 3 is 2.92 bits per heavy atom. The Balaban J connectivity index is 2.33. The first-order valence-electron chi connectivity index (χ1n) is 3.69. The smallest absolute Gasteiger partial charge is 0.210 e. The molecule has 13 heavy (non-hydrogen) atoms. The molecule has 0 spiro atoms. The molecule has 2 heterocycles. The molecule has 1 N–H and O–H groups in total. The Labute approximate surface area is 93.1 Å². The number of aromatic nitrogens is 1. The molecule has 2 aromatic rings. The first-order valence-corrected chi connectivity index (χ1v) is 5.65. The molecule has 66 valence electrons. The highest BCUT2D eigenvalue weighted by Crippen LogP contribution is 2.18. The van der Waals surface area contributed by atoms with Crippen LogP contribution in [0.1, 0.15) is 16.1 Å². The molecule has 0 aliphatic rings. The van der Waals surface area contributed by atoms with Crippen LogP contribution >= 0.6 is 33.9 Å². The molecule has 2 nitrogen and oxygen atoms in total. The normalized spacial score (nSPS) is 10.2. The van der Waals surface area contributed by atoms with E-state index in [1.165, 1.54) is 0 Å². The van der Waals surface area contributed by atoms with Crippen molar-refractivity contribution in [3.63, 3.8) is 0 Å². The van der Waals surface area contributed by atoms with E-state index in [-0.39, 0.29) is 5.78 Å². The number of hydrogen-bond donors (Lipinski definition) is 1. The number of thiophene rings is 1. The molecular formula is C9H6INOS. The lowest BCUT2D eigenvalue weighted by molar-refractivity contribution is 0.103. The Hall–Kier alpha value is -0.620. The van der Waals surface area contributed by atoms with Crippen molar-refractivity contribution in [3.8, 4) is 0 Å². The van der Waals surface area contributed by atoms with Gasteiger partial charge in [-0.25, -0.2) is 0 Å². The van der Waals surface area contributed by atoms with Gasteiger partial charge in [0.1, 0.15) is 0 Å². The number of carbonyl (C=O) groups excluding carboxylic acids is 1. The standard InChI is InChI=1S/C9H6INOS/c10-8-4-6(5-13-8)9(12)7-2-1-3-11-7/h1-5,11H. The summed E-state index contributed by atoms with van der Waals surface area (Å²) in [6.07, 6.45) is 1.75. The molecule has 0 radical (unpaired) electrons. The van der Waals surface area contributed by atoms with Crippen LogP contribution in [0.2, 0.25) is 0 Å². The summed E-state index contributed by atoms with van der Waals surface area (Å²) < 4.78 is 1.13. The molecule has 0 bridgehead atoms. The summed E-state index contributed by atoms with van der Waals surface area (Å²) in [6, 6.07) is 5.51. The number of rotatable bonds is 2. The minimum absolute atomic E-state index is 0.0594. The van der Waals surface area contributed by atoms with E-state index >= 15 is 0 Å². The predicted octanol–water partition coefficient (Wildman–Crippen LogP) is 2.91. The number of hydrogen-bond acceptors (Lipinski definition) is 2. The van der Waals surface area contributed by atoms with Crippen molar-refractivity contribution in [1.29, 1.82) is 0 Å². The lowest BCUT2D eigenvalue weighted by atomic mass is 10.2. The zero-order chi connectivity index (χ0) is 9.26. The highest BCUT2D eigenvalue weighted by atomic mass is 127. The van der Waals surface area contributed by atoms with Gasteiger partial charge < -0.3 is 4.98 Å². The summed E-state index contributed by atoms with van der Waals surface area (Å²) in [4.78, 5) is 14.6. The van der Waals surface area contributed by atoms with Gasteiger partial charge in [0, 0.05) is 17.1 Å². The second-order valence-corrected chi connectivity index (χ2v) is 5.36. The van der Waals surface area contributed by atoms with Crippen LogP contribution < -0.4 is 0 Å². The molecule has 0 aliphatic heterocycles. The summed E-state index contributed by atoms with van der Waals surface area (Å²) in [5.41, 5.74) is 1.41. The van der Waals surface area contributed by atoms with E-state index in [9.17, 15) is 4.79 Å². The highest BCUT2D eigenvalue weighted by molar-refractivity contribution is 14.1. The van der Waals surface area contributed by atoms with Crippen molar-refractivity contribution in [2.24, 2.45) is 0 Å². The molecule has 0 saturated heterocycles. The number of ketones is 1. The van der Waals surface area contributed by atoms with Gasteiger partial charge in [-0.3, -0.25) is 4.79 Å². The van der Waals surface area contributed by atoms with Gasteiger partial charge in [0.15, 0.2) is 0 Å². The van der Waals surface area contributed by atoms with Crippen molar-refractivity contribution in [2.45, 2.75) is 0 Å². The number of H-pyrrole nitrogens is 1. The lowest BCUT2D eigenvalue weighted by Gasteiger charge is -1.91. The first kappa shape index (κ1) is 8.96. The minimum atomic E-state index is 0.0594. The molecule has 0 saturated carbocycles. The van der Waals surface area contributed by atoms with E-state index in [0.29, 0.717) is 5.69 Å². The third-order valence-electron chi connectivity index (χ3n) is 1.67. The average Bonchev–Trinajstić information content (AvgIpc) is 2.72. The molecular weight excluding hydrogens is 297 g/mol. The van der Waals surface area contributed by atoms with Crippen LogP contribution in [0.25, 0.3) is 0 Å². The Morgan fingerprint density at radius 1 is 1.54 bits per heavy atom. The van der Waals surface area contributed by atoms with Crippen LogP contribution in [0.15, 0.2) is 29.8 Å². The quantitative estimate of drug-likeness (QED) is 0.671. The SMILES string of the molecule is O=C(c1csc(I)c1)c1ccc[nH]1. The average molecular weight is 303 g/mol. The highest BCUT2D eigenvalue weighted by Gasteiger charge is 2.10. The van der Waals surface area contributed by atoms with Crippen molar-refractivity contribution in [3.05, 3.63) is 43.9 Å². The summed E-state index contributed by atoms with van der Waals surface area (Å²) in [5, 5.41) is 1.88. The maximum absolute atomic E-state index is 11.7. The Morgan fingerprint density at radius 2 is 2.38 bits per heavy atom. The van der Waals surface area contributed by atoms with Crippen molar-refractivity contribution in [1.82, 2.24) is 4.98 Å². The molecule has 0 amide bonds. The van der Waals surface area contributed by atoms with E-state index in [4.69, 9.17) is 0 Å². The molecule has 2 aromatic heterocycles. The van der Waals surface area contributed by atoms with Crippen LogP contribution in [0, 0.1) is 2.88 Å². The van der Waals surface area contributed by atoms with Crippen LogP contribution in [0.3, 0.4) is 0 Å². The van der Waals surface area contributed by atoms with Gasteiger partial charge in [-0.1, -0.05) is 0 Å². The van der Waals surface area contributed by atoms with E-state index in [1.807, 2.05) is 17.5 Å². The molecule has 4 heteroatoms. The summed E-state index contributed by atoms with van der Waals surface area (Å²) in [5.74, 6) is 0.0594. The number of nitrogens with one attached hydrogen (secondary N) is 1. The Kier molecular flexibility index (Phi) is 2.50. The van der Waals surface area contributed by atoms with Gasteiger partial charge in [-0.05, 0) is 40.8 Å². The molecule has 0 aromatic carbocycles. The molecule has 0 fully saturated rings. The topological polar surface area (TPSA) is 32.9 Å². The lowest BCUT2D eigenvalue weighted by Crippen LogP contribution is -1.98. The summed E-state index contributed by atoms with van der Waals surface area (Å²) in [6.45, 7) is 0. The van der Waals surface area contributed by atoms with Crippen LogP contribution in [-0.2, 0) is 0 Å². The van der Waals surface area contributed by atoms with E-state index in [0.717, 1.165) is 8.45 Å². The van der Waals surface area contributed by atoms with Gasteiger partial charge in [-0.15, -0.1) is 11.3 Å². The van der Waals surface area contributed by atoms with Crippen molar-refractivity contribution in [2.75, 3.05) is 0 Å². The number of aromatic amines is 1. The third kappa shape index (κ3) is 1.83. The van der Waals surface area contributed by atoms with Crippen LogP contribution in [0.4, 0.5) is 0 Å². The van der Waals surface area contributed by atoms with Gasteiger partial charge in [0.05, 0.1) is 8.58 Å². The maximum atomic E-state index is 11.7. The van der Waals surface area contributed by atoms with Crippen molar-refractivity contribution < 1.29 is 4.79 Å². The molecule has 0 atom stereocenters. The van der Waals surface area contributed by atoms with Crippen LogP contribution in [0.5, 0.6) is 0 Å². The fourth-order valence-electron chi connectivity index (χ4n) is 1.06. The van der Waals surface area contributed by atoms with E-state index < -0.39 is 0 Å². The monoisotopic (exact) mass is 303 g/mol. The summed E-state index contributed by atoms with van der Waals surface area (Å²) in [7, 11) is 0. The third-order valence-corrected chi connectivity index (χ3v) is 3.46. The first-order chi connectivity index (χ1) is 6.27. The molecule has 2 rings (SSSR count). The predicted molar refractivity (Wildman–Crippen MR) is 61.3 cm³/mol. The second kappa shape index (κ2) is 3.63. The van der Waals surface area contributed by atoms with Crippen molar-refractivity contribution >= 4 is 39.7 Å². The zero-order valence-corrected chi connectivity index (χ0v) is 9.56. The number of carbonyl (C=O) groups is 1. The fraction of sp³-hybridized carbons (Fsp3) is 0. The maximum Gasteiger partial charge on any atom is 0.210 e. The molecule has 0 aliphatic carbocycles. The van der Waals surface area contributed by atoms with Gasteiger partial charge in [-0.2, -0.15) is 0 Å². The summed E-state index contributed by atoms with van der Waals surface area (Å²) >= 11 is 3.79. The van der Waals surface area contributed by atoms with E-state index in [2.05, 4.69) is 27.6 Å². The van der Waals surface area contributed by atoms with Gasteiger partial charge in [0.2, 0.25) is 5.78 Å². The number of halogens is 1. The fourth-order valence-corrected chi connectivity index (χ4v) is 2.38. The van der Waals surface area contributed by atoms with Gasteiger partial charge >= 0.3 is 0 Å². The van der Waals surface area contributed by atoms with Crippen LogP contribution in [-0.4, -0.2) is 10.8 Å². The minimum Gasteiger partial charge on any atom is -0.359 e. The second-order valence-electron chi connectivity index (χ2n) is 2.55. The Bertz CT molecular complexity index is 419. The van der Waals surface area contributed by atoms with E-state index in [1.54, 1.807) is 23.6 Å². The zero-order valence-electron chi connectivity index (χ0n) is 6.58. The largest absolute Gasteiger partial charge is 0.359 e. The van der Waals surface area contributed by atoms with Gasteiger partial charge in [0.25, 0.3) is 0 Å².